The summed E-state index contributed by atoms with van der Waals surface area (Å²) in [6.45, 7) is 0. The summed E-state index contributed by atoms with van der Waals surface area (Å²) in [5.41, 5.74) is 12.6. The third-order valence-corrected chi connectivity index (χ3v) is 1.60. The summed E-state index contributed by atoms with van der Waals surface area (Å²) in [7, 11) is 0. The van der Waals surface area contributed by atoms with Crippen LogP contribution in [0.2, 0.25) is 0 Å². The Hall–Kier alpha value is -2.06. The third kappa shape index (κ3) is 8.28. The van der Waals surface area contributed by atoms with E-state index in [1.54, 1.807) is 0 Å². The molecule has 80 valence electrons. The Morgan fingerprint density at radius 3 is 1.47 bits per heavy atom. The van der Waals surface area contributed by atoms with Gasteiger partial charge in [0.05, 0.1) is 0 Å². The summed E-state index contributed by atoms with van der Waals surface area (Å²) >= 11 is 0. The molecule has 0 radical (unpaired) electrons. The maximum atomic E-state index is 8.35. The van der Waals surface area contributed by atoms with Gasteiger partial charge in [0.2, 0.25) is 6.08 Å². The van der Waals surface area contributed by atoms with Gasteiger partial charge in [-0.25, -0.2) is 10.2 Å². The molecule has 0 atom stereocenters. The molecule has 0 unspecified atom stereocenters. The highest BCUT2D eigenvalue weighted by Crippen LogP contribution is 2.01. The fraction of sp³-hybridized carbons (Fsp3) is 0.182. The minimum atomic E-state index is 0.750. The van der Waals surface area contributed by atoms with E-state index in [0.29, 0.717) is 0 Å². The molecule has 4 nitrogen and oxygen atoms in total. The molecule has 0 amide bonds. The number of nitrogens with two attached hydrogens (primary N) is 2. The molecule has 0 bridgehead atoms. The van der Waals surface area contributed by atoms with E-state index in [1.807, 2.05) is 36.5 Å². The molecule has 5 N–H and O–H groups in total. The quantitative estimate of drug-likeness (QED) is 0.413. The maximum Gasteiger partial charge on any atom is 0.231 e. The zero-order valence-electron chi connectivity index (χ0n) is 8.44. The van der Waals surface area contributed by atoms with Gasteiger partial charge in [-0.3, -0.25) is 0 Å². The molecule has 0 spiro atoms. The minimum absolute atomic E-state index is 0.750. The summed E-state index contributed by atoms with van der Waals surface area (Å²) in [5.74, 6) is 0. The normalized spacial score (nSPS) is 15.2. The molecule has 15 heavy (non-hydrogen) atoms. The Morgan fingerprint density at radius 2 is 1.40 bits per heavy atom. The number of allylic oxidation sites excluding steroid dienone is 6. The molecule has 0 aromatic rings. The van der Waals surface area contributed by atoms with Crippen LogP contribution in [0.5, 0.6) is 0 Å². The van der Waals surface area contributed by atoms with Crippen LogP contribution in [0, 0.1) is 5.41 Å². The van der Waals surface area contributed by atoms with Crippen molar-refractivity contribution in [2.24, 2.45) is 11.5 Å². The first-order valence-corrected chi connectivity index (χ1v) is 4.47. The van der Waals surface area contributed by atoms with Gasteiger partial charge in [-0.05, 0) is 12.2 Å². The van der Waals surface area contributed by atoms with E-state index in [-0.39, 0.29) is 0 Å². The van der Waals surface area contributed by atoms with Gasteiger partial charge < -0.3 is 11.5 Å². The van der Waals surface area contributed by atoms with E-state index >= 15 is 0 Å². The van der Waals surface area contributed by atoms with E-state index in [2.05, 4.69) is 0 Å². The fourth-order valence-corrected chi connectivity index (χ4v) is 0.928. The molecular formula is C11H15N3O. The first kappa shape index (κ1) is 12.9. The van der Waals surface area contributed by atoms with Gasteiger partial charge in [-0.15, -0.1) is 0 Å². The number of isocyanates is 1. The SMILES string of the molecule is N=C=O.NC1=CC=CC1.NC1=CC=CC1. The van der Waals surface area contributed by atoms with E-state index < -0.39 is 0 Å². The van der Waals surface area contributed by atoms with Crippen molar-refractivity contribution in [2.75, 3.05) is 0 Å². The van der Waals surface area contributed by atoms with Crippen molar-refractivity contribution in [1.82, 2.24) is 0 Å². The Bertz CT molecular complexity index is 304. The van der Waals surface area contributed by atoms with Crippen LogP contribution in [0.25, 0.3) is 0 Å². The highest BCUT2D eigenvalue weighted by molar-refractivity contribution is 5.26. The maximum absolute atomic E-state index is 8.35. The molecule has 0 aromatic carbocycles. The Balaban J connectivity index is 0.000000210. The number of rotatable bonds is 0. The lowest BCUT2D eigenvalue weighted by atomic mass is 10.4. The van der Waals surface area contributed by atoms with Gasteiger partial charge in [0.1, 0.15) is 0 Å². The fourth-order valence-electron chi connectivity index (χ4n) is 0.928. The Morgan fingerprint density at radius 1 is 1.07 bits per heavy atom. The zero-order chi connectivity index (χ0) is 11.5. The van der Waals surface area contributed by atoms with Crippen molar-refractivity contribution in [3.05, 3.63) is 47.9 Å². The van der Waals surface area contributed by atoms with Gasteiger partial charge in [-0.1, -0.05) is 24.3 Å². The van der Waals surface area contributed by atoms with E-state index in [0.717, 1.165) is 30.3 Å². The van der Waals surface area contributed by atoms with Gasteiger partial charge in [0.25, 0.3) is 0 Å². The molecule has 0 saturated heterocycles. The first-order chi connectivity index (χ1) is 7.20. The second kappa shape index (κ2) is 8.53. The molecular weight excluding hydrogens is 190 g/mol. The average Bonchev–Trinajstić information content (AvgIpc) is 2.81. The Labute approximate surface area is 89.2 Å². The van der Waals surface area contributed by atoms with Crippen LogP contribution in [-0.4, -0.2) is 6.08 Å². The van der Waals surface area contributed by atoms with Crippen molar-refractivity contribution in [2.45, 2.75) is 12.8 Å². The van der Waals surface area contributed by atoms with E-state index in [1.165, 1.54) is 0 Å². The summed E-state index contributed by atoms with van der Waals surface area (Å²) in [6, 6.07) is 0. The van der Waals surface area contributed by atoms with Crippen molar-refractivity contribution in [1.29, 1.82) is 5.41 Å². The summed E-state index contributed by atoms with van der Waals surface area (Å²) in [4.78, 5) is 8.35. The minimum Gasteiger partial charge on any atom is -0.402 e. The number of nitrogens with one attached hydrogen (secondary N) is 1. The summed E-state index contributed by atoms with van der Waals surface area (Å²) in [5, 5.41) is 5.40. The van der Waals surface area contributed by atoms with Gasteiger partial charge >= 0.3 is 0 Å². The largest absolute Gasteiger partial charge is 0.402 e. The number of hydrogen-bond acceptors (Lipinski definition) is 4. The second-order valence-corrected chi connectivity index (χ2v) is 2.85. The molecule has 2 aliphatic rings. The highest BCUT2D eigenvalue weighted by Gasteiger charge is 1.87. The molecule has 2 aliphatic carbocycles. The van der Waals surface area contributed by atoms with E-state index in [9.17, 15) is 0 Å². The standard InChI is InChI=1S/2C5H7N.CHNO/c2*6-5-3-1-2-4-5;2-1-3/h2*1-3H,4,6H2;2H. The third-order valence-electron chi connectivity index (χ3n) is 1.60. The second-order valence-electron chi connectivity index (χ2n) is 2.85. The molecule has 0 aliphatic heterocycles. The average molecular weight is 205 g/mol. The molecule has 4 heteroatoms. The van der Waals surface area contributed by atoms with Crippen LogP contribution in [0.15, 0.2) is 47.9 Å². The number of hydrogen-bond donors (Lipinski definition) is 3. The first-order valence-electron chi connectivity index (χ1n) is 4.47. The number of carbonyl (C=O) groups excluding carboxylic acids is 1. The topological polar surface area (TPSA) is 93.0 Å². The predicted molar refractivity (Wildman–Crippen MR) is 60.5 cm³/mol. The van der Waals surface area contributed by atoms with Crippen molar-refractivity contribution >= 4 is 6.08 Å². The smallest absolute Gasteiger partial charge is 0.231 e. The molecule has 0 heterocycles. The van der Waals surface area contributed by atoms with Crippen LogP contribution >= 0.6 is 0 Å². The van der Waals surface area contributed by atoms with E-state index in [4.69, 9.17) is 21.7 Å². The molecule has 2 rings (SSSR count). The molecule has 0 aromatic heterocycles. The van der Waals surface area contributed by atoms with Gasteiger partial charge in [-0.2, -0.15) is 0 Å². The zero-order valence-corrected chi connectivity index (χ0v) is 8.44. The van der Waals surface area contributed by atoms with Crippen LogP contribution in [0.4, 0.5) is 0 Å². The lowest BCUT2D eigenvalue weighted by Gasteiger charge is -1.80. The van der Waals surface area contributed by atoms with Crippen LogP contribution in [0.3, 0.4) is 0 Å². The van der Waals surface area contributed by atoms with Crippen LogP contribution in [0.1, 0.15) is 12.8 Å². The lowest BCUT2D eigenvalue weighted by molar-refractivity contribution is 0.563. The molecule has 0 fully saturated rings. The van der Waals surface area contributed by atoms with Crippen molar-refractivity contribution in [3.8, 4) is 0 Å². The molecule has 0 saturated carbocycles. The van der Waals surface area contributed by atoms with Crippen molar-refractivity contribution < 1.29 is 4.79 Å². The summed E-state index contributed by atoms with van der Waals surface area (Å²) < 4.78 is 0. The highest BCUT2D eigenvalue weighted by atomic mass is 16.1. The predicted octanol–water partition coefficient (Wildman–Crippen LogP) is 1.48. The van der Waals surface area contributed by atoms with Crippen molar-refractivity contribution in [3.63, 3.8) is 0 Å². The van der Waals surface area contributed by atoms with Gasteiger partial charge in [0, 0.05) is 24.2 Å². The van der Waals surface area contributed by atoms with Crippen LogP contribution < -0.4 is 11.5 Å². The van der Waals surface area contributed by atoms with Crippen LogP contribution in [-0.2, 0) is 4.79 Å². The lowest BCUT2D eigenvalue weighted by Crippen LogP contribution is -1.89. The van der Waals surface area contributed by atoms with Gasteiger partial charge in [0.15, 0.2) is 0 Å². The monoisotopic (exact) mass is 205 g/mol. The Kier molecular flexibility index (Phi) is 7.36. The summed E-state index contributed by atoms with van der Waals surface area (Å²) in [6.07, 6.45) is 14.5.